The molecule has 1 aliphatic heterocycles. The van der Waals surface area contributed by atoms with Gasteiger partial charge in [0.25, 0.3) is 0 Å². The maximum Gasteiger partial charge on any atom is 0.410 e. The topological polar surface area (TPSA) is 71.5 Å². The molecule has 0 spiro atoms. The van der Waals surface area contributed by atoms with Crippen molar-refractivity contribution in [2.24, 2.45) is 0 Å². The summed E-state index contributed by atoms with van der Waals surface area (Å²) in [5.74, 6) is 0. The molecule has 2 aromatic carbocycles. The van der Waals surface area contributed by atoms with E-state index in [2.05, 4.69) is 33.9 Å². The molecular formula is C27H39NO5Si. The number of hydrogen-bond acceptors (Lipinski definition) is 5. The lowest BCUT2D eigenvalue weighted by molar-refractivity contribution is 0.000566. The Morgan fingerprint density at radius 2 is 1.65 bits per heavy atom. The second-order valence-electron chi connectivity index (χ2n) is 10.6. The molecule has 0 saturated carbocycles. The number of carbonyl (C=O) groups excluding carboxylic acids is 1. The Labute approximate surface area is 205 Å². The molecule has 1 saturated heterocycles. The Morgan fingerprint density at radius 3 is 2.18 bits per heavy atom. The number of amides is 1. The summed E-state index contributed by atoms with van der Waals surface area (Å²) in [5.41, 5.74) is 1.88. The lowest BCUT2D eigenvalue weighted by Gasteiger charge is -2.40. The number of nitrogens with zero attached hydrogens (tertiary/aromatic N) is 1. The van der Waals surface area contributed by atoms with Crippen molar-refractivity contribution in [3.63, 3.8) is 0 Å². The number of aliphatic hydroxyl groups excluding tert-OH is 1. The summed E-state index contributed by atoms with van der Waals surface area (Å²) in [6.45, 7) is 12.3. The summed E-state index contributed by atoms with van der Waals surface area (Å²) in [7, 11) is -2.10. The molecule has 1 fully saturated rings. The van der Waals surface area contributed by atoms with Gasteiger partial charge in [-0.25, -0.2) is 4.79 Å². The molecule has 34 heavy (non-hydrogen) atoms. The molecule has 2 aromatic rings. The lowest BCUT2D eigenvalue weighted by atomic mass is 10.0. The van der Waals surface area contributed by atoms with Crippen LogP contribution < -0.4 is 0 Å². The lowest BCUT2D eigenvalue weighted by Crippen LogP contribution is -2.52. The Morgan fingerprint density at radius 1 is 1.09 bits per heavy atom. The maximum atomic E-state index is 13.4. The summed E-state index contributed by atoms with van der Waals surface area (Å²) in [5, 5.41) is 11.2. The minimum absolute atomic E-state index is 0.0141. The van der Waals surface area contributed by atoms with Gasteiger partial charge in [-0.1, -0.05) is 81.4 Å². The number of epoxide rings is 1. The van der Waals surface area contributed by atoms with Gasteiger partial charge in [-0.2, -0.15) is 0 Å². The highest BCUT2D eigenvalue weighted by Gasteiger charge is 2.41. The normalized spacial score (nSPS) is 17.6. The van der Waals surface area contributed by atoms with Gasteiger partial charge in [-0.15, -0.1) is 0 Å². The van der Waals surface area contributed by atoms with E-state index in [4.69, 9.17) is 13.9 Å². The first-order valence-electron chi connectivity index (χ1n) is 12.0. The van der Waals surface area contributed by atoms with Crippen LogP contribution in [0.25, 0.3) is 0 Å². The van der Waals surface area contributed by atoms with Crippen molar-refractivity contribution in [1.29, 1.82) is 0 Å². The quantitative estimate of drug-likeness (QED) is 0.342. The van der Waals surface area contributed by atoms with Crippen molar-refractivity contribution < 1.29 is 23.8 Å². The van der Waals surface area contributed by atoms with Crippen LogP contribution >= 0.6 is 0 Å². The van der Waals surface area contributed by atoms with Gasteiger partial charge in [0.05, 0.1) is 31.5 Å². The largest absolute Gasteiger partial charge is 0.445 e. The minimum atomic E-state index is -2.10. The number of ether oxygens (including phenoxy) is 2. The third kappa shape index (κ3) is 7.66. The van der Waals surface area contributed by atoms with Crippen molar-refractivity contribution in [1.82, 2.24) is 4.90 Å². The molecule has 7 heteroatoms. The van der Waals surface area contributed by atoms with Crippen LogP contribution in [-0.2, 0) is 27.1 Å². The zero-order valence-corrected chi connectivity index (χ0v) is 22.1. The molecule has 186 valence electrons. The van der Waals surface area contributed by atoms with Crippen molar-refractivity contribution in [3.8, 4) is 0 Å². The number of hydrogen-bond donors (Lipinski definition) is 1. The van der Waals surface area contributed by atoms with Crippen molar-refractivity contribution in [2.75, 3.05) is 13.2 Å². The molecule has 1 heterocycles. The van der Waals surface area contributed by atoms with Crippen molar-refractivity contribution >= 4 is 14.4 Å². The van der Waals surface area contributed by atoms with E-state index in [1.54, 1.807) is 4.90 Å². The van der Waals surface area contributed by atoms with Crippen LogP contribution in [0.15, 0.2) is 60.7 Å². The summed E-state index contributed by atoms with van der Waals surface area (Å²) in [6, 6.07) is 18.8. The number of aliphatic hydroxyl groups is 1. The molecular weight excluding hydrogens is 446 g/mol. The Hall–Kier alpha value is -2.19. The van der Waals surface area contributed by atoms with E-state index in [1.807, 2.05) is 60.7 Å². The first kappa shape index (κ1) is 26.4. The van der Waals surface area contributed by atoms with E-state index >= 15 is 0 Å². The highest BCUT2D eigenvalue weighted by Crippen LogP contribution is 2.37. The third-order valence-electron chi connectivity index (χ3n) is 6.81. The van der Waals surface area contributed by atoms with Gasteiger partial charge in [-0.05, 0) is 29.3 Å². The van der Waals surface area contributed by atoms with Crippen LogP contribution in [0.1, 0.15) is 38.3 Å². The fourth-order valence-electron chi connectivity index (χ4n) is 3.45. The van der Waals surface area contributed by atoms with E-state index in [-0.39, 0.29) is 24.4 Å². The SMILES string of the molecule is CC(C)(C)[Si](C)(C)OC[C@H]([C@@H](O)C[C@@H]1CO1)N(Cc1ccccc1)C(=O)OCc1ccccc1. The predicted octanol–water partition coefficient (Wildman–Crippen LogP) is 5.37. The second kappa shape index (κ2) is 11.5. The monoisotopic (exact) mass is 485 g/mol. The molecule has 6 nitrogen and oxygen atoms in total. The zero-order valence-electron chi connectivity index (χ0n) is 21.1. The molecule has 0 unspecified atom stereocenters. The van der Waals surface area contributed by atoms with Crippen molar-refractivity contribution in [3.05, 3.63) is 71.8 Å². The molecule has 1 aliphatic rings. The standard InChI is InChI=1S/C27H39NO5Si/c1-27(2,3)34(4,5)33-20-24(25(29)16-23-19-31-23)28(17-21-12-8-6-9-13-21)26(30)32-18-22-14-10-7-11-15-22/h6-15,23-25,29H,16-20H2,1-5H3/t23-,24-,25+/m1/s1. The fraction of sp³-hybridized carbons (Fsp3) is 0.519. The molecule has 3 rings (SSSR count). The van der Waals surface area contributed by atoms with Crippen LogP contribution in [0.3, 0.4) is 0 Å². The van der Waals surface area contributed by atoms with Gasteiger partial charge in [0.15, 0.2) is 8.32 Å². The van der Waals surface area contributed by atoms with Gasteiger partial charge in [0.1, 0.15) is 6.61 Å². The fourth-order valence-corrected chi connectivity index (χ4v) is 4.47. The average Bonchev–Trinajstić information content (AvgIpc) is 3.61. The first-order chi connectivity index (χ1) is 16.1. The number of rotatable bonds is 11. The van der Waals surface area contributed by atoms with E-state index in [0.717, 1.165) is 11.1 Å². The molecule has 1 amide bonds. The van der Waals surface area contributed by atoms with E-state index in [9.17, 15) is 9.90 Å². The summed E-state index contributed by atoms with van der Waals surface area (Å²) < 4.78 is 17.6. The Kier molecular flexibility index (Phi) is 8.93. The molecule has 0 radical (unpaired) electrons. The molecule has 3 atom stereocenters. The highest BCUT2D eigenvalue weighted by atomic mass is 28.4. The molecule has 0 aliphatic carbocycles. The third-order valence-corrected chi connectivity index (χ3v) is 11.3. The number of benzene rings is 2. The van der Waals surface area contributed by atoms with E-state index < -0.39 is 26.6 Å². The predicted molar refractivity (Wildman–Crippen MR) is 136 cm³/mol. The summed E-state index contributed by atoms with van der Waals surface area (Å²) in [6.07, 6.45) is -0.759. The molecule has 0 aromatic heterocycles. The molecule has 1 N–H and O–H groups in total. The van der Waals surface area contributed by atoms with Crippen LogP contribution in [0.4, 0.5) is 4.79 Å². The van der Waals surface area contributed by atoms with E-state index in [1.165, 1.54) is 0 Å². The van der Waals surface area contributed by atoms with Gasteiger partial charge in [-0.3, -0.25) is 4.90 Å². The minimum Gasteiger partial charge on any atom is -0.445 e. The molecule has 0 bridgehead atoms. The van der Waals surface area contributed by atoms with Crippen LogP contribution in [0, 0.1) is 0 Å². The van der Waals surface area contributed by atoms with Gasteiger partial charge >= 0.3 is 6.09 Å². The Bertz CT molecular complexity index is 896. The van der Waals surface area contributed by atoms with Crippen LogP contribution in [-0.4, -0.2) is 55.9 Å². The maximum absolute atomic E-state index is 13.4. The van der Waals surface area contributed by atoms with Crippen molar-refractivity contribution in [2.45, 2.75) is 76.7 Å². The first-order valence-corrected chi connectivity index (χ1v) is 14.9. The summed E-state index contributed by atoms with van der Waals surface area (Å²) in [4.78, 5) is 15.0. The van der Waals surface area contributed by atoms with Crippen LogP contribution in [0.5, 0.6) is 0 Å². The number of carbonyl (C=O) groups is 1. The smallest absolute Gasteiger partial charge is 0.410 e. The van der Waals surface area contributed by atoms with Gasteiger partial charge < -0.3 is 19.0 Å². The van der Waals surface area contributed by atoms with Crippen LogP contribution in [0.2, 0.25) is 18.1 Å². The average molecular weight is 486 g/mol. The zero-order chi connectivity index (χ0) is 24.8. The van der Waals surface area contributed by atoms with Gasteiger partial charge in [0.2, 0.25) is 0 Å². The Balaban J connectivity index is 1.83. The summed E-state index contributed by atoms with van der Waals surface area (Å²) >= 11 is 0. The second-order valence-corrected chi connectivity index (χ2v) is 15.4. The highest BCUT2D eigenvalue weighted by molar-refractivity contribution is 6.74. The van der Waals surface area contributed by atoms with Gasteiger partial charge in [0, 0.05) is 13.0 Å². The van der Waals surface area contributed by atoms with E-state index in [0.29, 0.717) is 19.6 Å².